The number of benzene rings is 1. The van der Waals surface area contributed by atoms with Crippen LogP contribution in [0.2, 0.25) is 0 Å². The summed E-state index contributed by atoms with van der Waals surface area (Å²) >= 11 is 1.48. The van der Waals surface area contributed by atoms with Gasteiger partial charge in [0.05, 0.1) is 20.4 Å². The number of amides is 2. The third kappa shape index (κ3) is 2.00. The Bertz CT molecular complexity index is 900. The molecule has 0 spiro atoms. The van der Waals surface area contributed by atoms with Crippen molar-refractivity contribution in [2.75, 3.05) is 5.73 Å². The molecule has 2 heterocycles. The summed E-state index contributed by atoms with van der Waals surface area (Å²) in [5, 5.41) is 2.00. The van der Waals surface area contributed by atoms with E-state index >= 15 is 0 Å². The Kier molecular flexibility index (Phi) is 3.24. The number of hydrogen-bond acceptors (Lipinski definition) is 4. The number of pyridine rings is 1. The highest BCUT2D eigenvalue weighted by Crippen LogP contribution is 2.25. The highest BCUT2D eigenvalue weighted by atomic mass is 127. The molecular formula is C13H6F2IN3O3. The van der Waals surface area contributed by atoms with Crippen molar-refractivity contribution in [1.82, 2.24) is 9.88 Å². The fourth-order valence-corrected chi connectivity index (χ4v) is 2.53. The number of nitrogens with one attached hydrogen (secondary N) is 1. The molecule has 1 aliphatic rings. The number of nitrogen functional groups attached to an aromatic ring is 1. The number of fused-ring (bicyclic) bond motifs is 1. The summed E-state index contributed by atoms with van der Waals surface area (Å²) in [6.45, 7) is 0. The molecule has 1 aliphatic heterocycles. The first-order chi connectivity index (χ1) is 10.3. The van der Waals surface area contributed by atoms with E-state index in [2.05, 4.69) is 0 Å². The third-order valence-electron chi connectivity index (χ3n) is 3.18. The van der Waals surface area contributed by atoms with Crippen molar-refractivity contribution in [3.8, 4) is 5.69 Å². The smallest absolute Gasteiger partial charge is 0.262 e. The topological polar surface area (TPSA) is 94.2 Å². The third-order valence-corrected chi connectivity index (χ3v) is 4.21. The minimum atomic E-state index is -0.872. The molecule has 0 radical (unpaired) electrons. The number of carbonyl (C=O) groups is 2. The van der Waals surface area contributed by atoms with Gasteiger partial charge >= 0.3 is 0 Å². The first-order valence-electron chi connectivity index (χ1n) is 5.87. The Hall–Kier alpha value is -2.30. The second kappa shape index (κ2) is 4.87. The van der Waals surface area contributed by atoms with Gasteiger partial charge in [0.2, 0.25) is 0 Å². The van der Waals surface area contributed by atoms with E-state index in [0.717, 1.165) is 22.8 Å². The van der Waals surface area contributed by atoms with Crippen molar-refractivity contribution < 1.29 is 18.4 Å². The first-order valence-corrected chi connectivity index (χ1v) is 6.95. The van der Waals surface area contributed by atoms with Crippen molar-refractivity contribution in [3.05, 3.63) is 54.9 Å². The molecule has 1 aromatic carbocycles. The maximum atomic E-state index is 13.7. The van der Waals surface area contributed by atoms with Crippen LogP contribution in [0.3, 0.4) is 0 Å². The van der Waals surface area contributed by atoms with Crippen LogP contribution >= 0.6 is 22.6 Å². The molecule has 0 unspecified atom stereocenters. The van der Waals surface area contributed by atoms with Gasteiger partial charge in [0.1, 0.15) is 17.5 Å². The monoisotopic (exact) mass is 417 g/mol. The summed E-state index contributed by atoms with van der Waals surface area (Å²) in [6, 6.07) is 2.74. The van der Waals surface area contributed by atoms with Gasteiger partial charge in [-0.25, -0.2) is 8.78 Å². The average molecular weight is 417 g/mol. The molecule has 112 valence electrons. The molecule has 9 heteroatoms. The van der Waals surface area contributed by atoms with E-state index in [-0.39, 0.29) is 26.2 Å². The van der Waals surface area contributed by atoms with Crippen molar-refractivity contribution in [2.24, 2.45) is 0 Å². The number of nitrogens with two attached hydrogens (primary N) is 1. The molecule has 6 nitrogen and oxygen atoms in total. The predicted molar refractivity (Wildman–Crippen MR) is 80.9 cm³/mol. The molecule has 1 aromatic heterocycles. The molecule has 0 bridgehead atoms. The largest absolute Gasteiger partial charge is 0.384 e. The maximum Gasteiger partial charge on any atom is 0.262 e. The molecule has 3 rings (SSSR count). The molecule has 3 N–H and O–H groups in total. The van der Waals surface area contributed by atoms with E-state index in [0.29, 0.717) is 0 Å². The lowest BCUT2D eigenvalue weighted by Gasteiger charge is -2.12. The number of imide groups is 1. The van der Waals surface area contributed by atoms with E-state index in [4.69, 9.17) is 5.73 Å². The maximum absolute atomic E-state index is 13.7. The van der Waals surface area contributed by atoms with Gasteiger partial charge in [-0.3, -0.25) is 24.3 Å². The summed E-state index contributed by atoms with van der Waals surface area (Å²) in [5.41, 5.74) is 4.46. The summed E-state index contributed by atoms with van der Waals surface area (Å²) < 4.78 is 27.9. The Morgan fingerprint density at radius 3 is 2.23 bits per heavy atom. The van der Waals surface area contributed by atoms with Gasteiger partial charge in [-0.2, -0.15) is 0 Å². The van der Waals surface area contributed by atoms with Gasteiger partial charge in [-0.1, -0.05) is 0 Å². The van der Waals surface area contributed by atoms with Gasteiger partial charge in [0.15, 0.2) is 0 Å². The van der Waals surface area contributed by atoms with Crippen molar-refractivity contribution in [3.63, 3.8) is 0 Å². The number of hydrogen-bond donors (Lipinski definition) is 2. The number of carbonyl (C=O) groups excluding carboxylic acids is 2. The predicted octanol–water partition coefficient (Wildman–Crippen LogP) is 1.19. The zero-order chi connectivity index (χ0) is 16.2. The van der Waals surface area contributed by atoms with Gasteiger partial charge in [0.25, 0.3) is 17.4 Å². The molecule has 0 saturated carbocycles. The van der Waals surface area contributed by atoms with Crippen molar-refractivity contribution >= 4 is 40.2 Å². The summed E-state index contributed by atoms with van der Waals surface area (Å²) in [7, 11) is 0. The van der Waals surface area contributed by atoms with Crippen LogP contribution in [0.1, 0.15) is 20.7 Å². The summed E-state index contributed by atoms with van der Waals surface area (Å²) in [5.74, 6) is -3.61. The Morgan fingerprint density at radius 2 is 1.64 bits per heavy atom. The quantitative estimate of drug-likeness (QED) is 0.414. The molecule has 2 amide bonds. The van der Waals surface area contributed by atoms with Crippen LogP contribution in [0.5, 0.6) is 0 Å². The SMILES string of the molecule is Nc1c2c(cc(=O)n1-c1cc(F)c(I)c(F)c1)C(=O)NC2=O. The molecule has 0 fully saturated rings. The van der Waals surface area contributed by atoms with Gasteiger partial charge < -0.3 is 5.73 Å². The van der Waals surface area contributed by atoms with Crippen LogP contribution in [0.4, 0.5) is 14.6 Å². The van der Waals surface area contributed by atoms with E-state index in [1.807, 2.05) is 5.32 Å². The second-order valence-electron chi connectivity index (χ2n) is 4.50. The minimum absolute atomic E-state index is 0.157. The Morgan fingerprint density at radius 1 is 1.05 bits per heavy atom. The first kappa shape index (κ1) is 14.6. The van der Waals surface area contributed by atoms with Crippen molar-refractivity contribution in [2.45, 2.75) is 0 Å². The zero-order valence-corrected chi connectivity index (χ0v) is 12.8. The Labute approximate surface area is 135 Å². The highest BCUT2D eigenvalue weighted by Gasteiger charge is 2.32. The van der Waals surface area contributed by atoms with E-state index < -0.39 is 29.0 Å². The van der Waals surface area contributed by atoms with Crippen LogP contribution in [-0.2, 0) is 0 Å². The Balaban J connectivity index is 2.35. The zero-order valence-electron chi connectivity index (χ0n) is 10.6. The molecule has 0 saturated heterocycles. The van der Waals surface area contributed by atoms with Gasteiger partial charge in [-0.05, 0) is 34.7 Å². The van der Waals surface area contributed by atoms with E-state index in [9.17, 15) is 23.2 Å². The summed E-state index contributed by atoms with van der Waals surface area (Å²) in [4.78, 5) is 35.3. The number of halogens is 3. The summed E-state index contributed by atoms with van der Waals surface area (Å²) in [6.07, 6.45) is 0. The average Bonchev–Trinajstić information content (AvgIpc) is 2.71. The molecule has 0 aliphatic carbocycles. The normalized spacial score (nSPS) is 13.2. The minimum Gasteiger partial charge on any atom is -0.384 e. The van der Waals surface area contributed by atoms with Crippen LogP contribution < -0.4 is 16.6 Å². The lowest BCUT2D eigenvalue weighted by Crippen LogP contribution is -2.24. The number of rotatable bonds is 1. The highest BCUT2D eigenvalue weighted by molar-refractivity contribution is 14.1. The van der Waals surface area contributed by atoms with Crippen LogP contribution in [0.15, 0.2) is 23.0 Å². The van der Waals surface area contributed by atoms with E-state index in [1.165, 1.54) is 22.6 Å². The number of aromatic nitrogens is 1. The lowest BCUT2D eigenvalue weighted by molar-refractivity contribution is 0.0880. The number of anilines is 1. The fraction of sp³-hybridized carbons (Fsp3) is 0. The molecular weight excluding hydrogens is 411 g/mol. The lowest BCUT2D eigenvalue weighted by atomic mass is 10.1. The van der Waals surface area contributed by atoms with Crippen molar-refractivity contribution in [1.29, 1.82) is 0 Å². The molecule has 22 heavy (non-hydrogen) atoms. The molecule has 0 atom stereocenters. The fourth-order valence-electron chi connectivity index (χ4n) is 2.22. The second-order valence-corrected chi connectivity index (χ2v) is 5.58. The standard InChI is InChI=1S/C13H6F2IN3O3/c14-6-1-4(2-7(15)10(6)16)19-8(20)3-5-9(11(19)17)13(22)18-12(5)21/h1-3H,17H2,(H,18,21,22). The van der Waals surface area contributed by atoms with Crippen LogP contribution in [0.25, 0.3) is 5.69 Å². The van der Waals surface area contributed by atoms with Gasteiger partial charge in [0, 0.05) is 6.07 Å². The van der Waals surface area contributed by atoms with Gasteiger partial charge in [-0.15, -0.1) is 0 Å². The number of nitrogens with zero attached hydrogens (tertiary/aromatic N) is 1. The van der Waals surface area contributed by atoms with Crippen LogP contribution in [0, 0.1) is 15.2 Å². The molecule has 2 aromatic rings. The van der Waals surface area contributed by atoms with Crippen LogP contribution in [-0.4, -0.2) is 16.4 Å². The van der Waals surface area contributed by atoms with E-state index in [1.54, 1.807) is 0 Å².